The van der Waals surface area contributed by atoms with Gasteiger partial charge in [-0.05, 0) is 62.8 Å². The maximum Gasteiger partial charge on any atom is 0.119 e. The molecule has 20 heavy (non-hydrogen) atoms. The molecule has 0 aliphatic heterocycles. The fraction of sp³-hybridized carbons (Fsp3) is 0.667. The zero-order valence-corrected chi connectivity index (χ0v) is 13.8. The number of rotatable bonds is 8. The molecule has 2 atom stereocenters. The largest absolute Gasteiger partial charge is 0.491 e. The Balaban J connectivity index is 2.47. The van der Waals surface area contributed by atoms with Crippen molar-refractivity contribution in [1.82, 2.24) is 0 Å². The first-order valence-electron chi connectivity index (χ1n) is 7.80. The highest BCUT2D eigenvalue weighted by Crippen LogP contribution is 2.22. The molecule has 2 unspecified atom stereocenters. The molecule has 0 aliphatic carbocycles. The van der Waals surface area contributed by atoms with Gasteiger partial charge in [-0.1, -0.05) is 27.7 Å². The van der Waals surface area contributed by atoms with Gasteiger partial charge >= 0.3 is 0 Å². The molecule has 0 saturated carbocycles. The van der Waals surface area contributed by atoms with Crippen molar-refractivity contribution in [1.29, 1.82) is 0 Å². The van der Waals surface area contributed by atoms with Crippen molar-refractivity contribution in [2.75, 3.05) is 0 Å². The van der Waals surface area contributed by atoms with Crippen LogP contribution >= 0.6 is 0 Å². The van der Waals surface area contributed by atoms with Crippen LogP contribution in [-0.2, 0) is 0 Å². The molecule has 0 N–H and O–H groups in total. The van der Waals surface area contributed by atoms with Crippen LogP contribution in [0.25, 0.3) is 0 Å². The second-order valence-electron chi connectivity index (χ2n) is 6.59. The van der Waals surface area contributed by atoms with Crippen LogP contribution in [-0.4, -0.2) is 12.2 Å². The summed E-state index contributed by atoms with van der Waals surface area (Å²) < 4.78 is 11.8. The van der Waals surface area contributed by atoms with Crippen LogP contribution in [0.4, 0.5) is 0 Å². The average molecular weight is 278 g/mol. The Morgan fingerprint density at radius 2 is 0.950 bits per heavy atom. The molecule has 0 spiro atoms. The third-order valence-corrected chi connectivity index (χ3v) is 3.10. The molecule has 0 saturated heterocycles. The standard InChI is InChI=1S/C18H30O2/c1-13(2)11-15(5)19-17-7-9-18(10-8-17)20-16(6)12-14(3)4/h7-10,13-16H,11-12H2,1-6H3. The second kappa shape index (κ2) is 8.18. The van der Waals surface area contributed by atoms with Crippen LogP contribution < -0.4 is 9.47 Å². The summed E-state index contributed by atoms with van der Waals surface area (Å²) in [6, 6.07) is 7.98. The van der Waals surface area contributed by atoms with E-state index in [2.05, 4.69) is 41.5 Å². The molecule has 0 fully saturated rings. The van der Waals surface area contributed by atoms with Gasteiger partial charge in [0.1, 0.15) is 11.5 Å². The fourth-order valence-corrected chi connectivity index (χ4v) is 2.49. The summed E-state index contributed by atoms with van der Waals surface area (Å²) in [6.07, 6.45) is 2.65. The van der Waals surface area contributed by atoms with Gasteiger partial charge in [0.2, 0.25) is 0 Å². The van der Waals surface area contributed by atoms with Crippen LogP contribution in [0.15, 0.2) is 24.3 Å². The first-order chi connectivity index (χ1) is 9.36. The summed E-state index contributed by atoms with van der Waals surface area (Å²) in [5, 5.41) is 0. The zero-order chi connectivity index (χ0) is 15.1. The second-order valence-corrected chi connectivity index (χ2v) is 6.59. The minimum atomic E-state index is 0.252. The third kappa shape index (κ3) is 6.83. The van der Waals surface area contributed by atoms with Crippen molar-refractivity contribution in [2.45, 2.75) is 66.6 Å². The van der Waals surface area contributed by atoms with E-state index in [-0.39, 0.29) is 12.2 Å². The molecule has 1 aromatic carbocycles. The Kier molecular flexibility index (Phi) is 6.90. The van der Waals surface area contributed by atoms with Crippen molar-refractivity contribution in [2.24, 2.45) is 11.8 Å². The first-order valence-corrected chi connectivity index (χ1v) is 7.80. The number of hydrogen-bond donors (Lipinski definition) is 0. The quantitative estimate of drug-likeness (QED) is 0.641. The van der Waals surface area contributed by atoms with Gasteiger partial charge < -0.3 is 9.47 Å². The lowest BCUT2D eigenvalue weighted by Gasteiger charge is -2.18. The summed E-state index contributed by atoms with van der Waals surface area (Å²) in [5.41, 5.74) is 0. The molecule has 0 radical (unpaired) electrons. The Bertz CT molecular complexity index is 331. The molecule has 2 heteroatoms. The van der Waals surface area contributed by atoms with E-state index in [9.17, 15) is 0 Å². The summed E-state index contributed by atoms with van der Waals surface area (Å²) in [4.78, 5) is 0. The van der Waals surface area contributed by atoms with Crippen molar-refractivity contribution < 1.29 is 9.47 Å². The van der Waals surface area contributed by atoms with Crippen LogP contribution in [0, 0.1) is 11.8 Å². The van der Waals surface area contributed by atoms with Gasteiger partial charge in [-0.3, -0.25) is 0 Å². The predicted octanol–water partition coefficient (Wildman–Crippen LogP) is 5.31. The highest BCUT2D eigenvalue weighted by atomic mass is 16.5. The first kappa shape index (κ1) is 16.9. The maximum atomic E-state index is 5.89. The SMILES string of the molecule is CC(C)CC(C)Oc1ccc(OC(C)CC(C)C)cc1. The van der Waals surface area contributed by atoms with E-state index in [0.29, 0.717) is 11.8 Å². The van der Waals surface area contributed by atoms with Gasteiger partial charge in [-0.2, -0.15) is 0 Å². The molecule has 1 rings (SSSR count). The van der Waals surface area contributed by atoms with Gasteiger partial charge in [-0.15, -0.1) is 0 Å². The molecule has 2 nitrogen and oxygen atoms in total. The lowest BCUT2D eigenvalue weighted by Crippen LogP contribution is -2.15. The maximum absolute atomic E-state index is 5.89. The summed E-state index contributed by atoms with van der Waals surface area (Å²) >= 11 is 0. The van der Waals surface area contributed by atoms with Crippen LogP contribution in [0.1, 0.15) is 54.4 Å². The summed E-state index contributed by atoms with van der Waals surface area (Å²) in [7, 11) is 0. The topological polar surface area (TPSA) is 18.5 Å². The lowest BCUT2D eigenvalue weighted by molar-refractivity contribution is 0.187. The normalized spacial score (nSPS) is 14.4. The highest BCUT2D eigenvalue weighted by Gasteiger charge is 2.09. The molecule has 0 aliphatic rings. The van der Waals surface area contributed by atoms with E-state index in [1.807, 2.05) is 24.3 Å². The van der Waals surface area contributed by atoms with E-state index in [0.717, 1.165) is 24.3 Å². The monoisotopic (exact) mass is 278 g/mol. The zero-order valence-electron chi connectivity index (χ0n) is 13.8. The average Bonchev–Trinajstić information content (AvgIpc) is 2.29. The molecule has 0 bridgehead atoms. The Morgan fingerprint density at radius 1 is 0.650 bits per heavy atom. The molecule has 0 amide bonds. The molecular weight excluding hydrogens is 248 g/mol. The van der Waals surface area contributed by atoms with E-state index in [4.69, 9.17) is 9.47 Å². The number of hydrogen-bond acceptors (Lipinski definition) is 2. The van der Waals surface area contributed by atoms with E-state index < -0.39 is 0 Å². The number of benzene rings is 1. The summed E-state index contributed by atoms with van der Waals surface area (Å²) in [6.45, 7) is 13.1. The van der Waals surface area contributed by atoms with E-state index in [1.54, 1.807) is 0 Å². The third-order valence-electron chi connectivity index (χ3n) is 3.10. The van der Waals surface area contributed by atoms with Gasteiger partial charge in [0.15, 0.2) is 0 Å². The highest BCUT2D eigenvalue weighted by molar-refractivity contribution is 5.31. The molecule has 1 aromatic rings. The Hall–Kier alpha value is -1.18. The van der Waals surface area contributed by atoms with E-state index in [1.165, 1.54) is 0 Å². The minimum absolute atomic E-state index is 0.252. The van der Waals surface area contributed by atoms with Crippen LogP contribution in [0.3, 0.4) is 0 Å². The van der Waals surface area contributed by atoms with Crippen LogP contribution in [0.2, 0.25) is 0 Å². The fourth-order valence-electron chi connectivity index (χ4n) is 2.49. The molecule has 114 valence electrons. The van der Waals surface area contributed by atoms with Crippen molar-refractivity contribution in [3.8, 4) is 11.5 Å². The van der Waals surface area contributed by atoms with Gasteiger partial charge in [0.25, 0.3) is 0 Å². The van der Waals surface area contributed by atoms with E-state index >= 15 is 0 Å². The van der Waals surface area contributed by atoms with Crippen molar-refractivity contribution in [3.63, 3.8) is 0 Å². The molecular formula is C18H30O2. The molecule has 0 aromatic heterocycles. The van der Waals surface area contributed by atoms with Gasteiger partial charge in [0, 0.05) is 0 Å². The van der Waals surface area contributed by atoms with Crippen LogP contribution in [0.5, 0.6) is 11.5 Å². The Morgan fingerprint density at radius 3 is 1.20 bits per heavy atom. The Labute approximate surface area is 124 Å². The summed E-state index contributed by atoms with van der Waals surface area (Å²) in [5.74, 6) is 3.15. The smallest absolute Gasteiger partial charge is 0.119 e. The number of ether oxygens (including phenoxy) is 2. The van der Waals surface area contributed by atoms with Crippen molar-refractivity contribution in [3.05, 3.63) is 24.3 Å². The van der Waals surface area contributed by atoms with Gasteiger partial charge in [-0.25, -0.2) is 0 Å². The lowest BCUT2D eigenvalue weighted by atomic mass is 10.1. The predicted molar refractivity (Wildman–Crippen MR) is 85.5 cm³/mol. The minimum Gasteiger partial charge on any atom is -0.491 e. The van der Waals surface area contributed by atoms with Crippen molar-refractivity contribution >= 4 is 0 Å². The van der Waals surface area contributed by atoms with Gasteiger partial charge in [0.05, 0.1) is 12.2 Å². The molecule has 0 heterocycles.